The molecule has 5 nitrogen and oxygen atoms in total. The second-order valence-electron chi connectivity index (χ2n) is 13.8. The SMILES string of the molecule is Cc1nn(-c2[c-]c(Oc3[c-]c4c(cc3)c3cc(CCCCC(C)C)ccc3n4-c3cc(C(C)C)ccn3)ccc2)c(C)c1-c1ccccc1.[Pt+2]. The van der Waals surface area contributed by atoms with E-state index in [1.165, 1.54) is 35.8 Å². The van der Waals surface area contributed by atoms with Gasteiger partial charge in [-0.05, 0) is 84.5 Å². The Morgan fingerprint density at radius 2 is 1.58 bits per heavy atom. The summed E-state index contributed by atoms with van der Waals surface area (Å²) in [5.41, 5.74) is 9.84. The molecule has 0 aliphatic carbocycles. The van der Waals surface area contributed by atoms with Crippen LogP contribution in [0.5, 0.6) is 11.5 Å². The van der Waals surface area contributed by atoms with Crippen molar-refractivity contribution in [1.82, 2.24) is 19.3 Å². The Hall–Kier alpha value is -4.47. The van der Waals surface area contributed by atoms with E-state index >= 15 is 0 Å². The molecule has 6 heteroatoms. The fourth-order valence-electron chi connectivity index (χ4n) is 6.86. The minimum Gasteiger partial charge on any atom is -0.509 e. The Morgan fingerprint density at radius 1 is 0.780 bits per heavy atom. The summed E-state index contributed by atoms with van der Waals surface area (Å²) in [4.78, 5) is 4.85. The van der Waals surface area contributed by atoms with Crippen LogP contribution in [0.25, 0.3) is 44.4 Å². The average Bonchev–Trinajstić information content (AvgIpc) is 3.59. The van der Waals surface area contributed by atoms with Crippen LogP contribution in [0, 0.1) is 31.9 Å². The minimum absolute atomic E-state index is 0. The monoisotopic (exact) mass is 839 g/mol. The van der Waals surface area contributed by atoms with Crippen LogP contribution in [-0.4, -0.2) is 19.3 Å². The molecule has 3 heterocycles. The normalized spacial score (nSPS) is 11.5. The molecule has 7 aromatic rings. The van der Waals surface area contributed by atoms with Gasteiger partial charge in [0.25, 0.3) is 0 Å². The van der Waals surface area contributed by atoms with Gasteiger partial charge in [-0.2, -0.15) is 17.2 Å². The topological polar surface area (TPSA) is 44.9 Å². The first-order valence-corrected chi connectivity index (χ1v) is 17.5. The van der Waals surface area contributed by atoms with Crippen molar-refractivity contribution < 1.29 is 25.8 Å². The quantitative estimate of drug-likeness (QED) is 0.0963. The van der Waals surface area contributed by atoms with Crippen molar-refractivity contribution in [3.8, 4) is 34.1 Å². The number of fused-ring (bicyclic) bond motifs is 3. The van der Waals surface area contributed by atoms with Gasteiger partial charge in [0, 0.05) is 34.5 Å². The number of aromatic nitrogens is 4. The maximum absolute atomic E-state index is 6.48. The van der Waals surface area contributed by atoms with Gasteiger partial charge >= 0.3 is 21.1 Å². The third kappa shape index (κ3) is 7.21. The van der Waals surface area contributed by atoms with E-state index in [0.29, 0.717) is 17.4 Å². The van der Waals surface area contributed by atoms with Gasteiger partial charge in [-0.25, -0.2) is 4.98 Å². The zero-order valence-corrected chi connectivity index (χ0v) is 32.0. The number of rotatable bonds is 11. The molecule has 0 saturated carbocycles. The third-order valence-electron chi connectivity index (χ3n) is 9.43. The zero-order valence-electron chi connectivity index (χ0n) is 29.7. The van der Waals surface area contributed by atoms with Gasteiger partial charge < -0.3 is 9.30 Å². The number of unbranched alkanes of at least 4 members (excludes halogenated alkanes) is 1. The first-order chi connectivity index (χ1) is 23.8. The Morgan fingerprint density at radius 3 is 2.36 bits per heavy atom. The van der Waals surface area contributed by atoms with E-state index in [0.717, 1.165) is 62.8 Å². The van der Waals surface area contributed by atoms with Crippen molar-refractivity contribution in [2.24, 2.45) is 5.92 Å². The number of ether oxygens (including phenoxy) is 1. The van der Waals surface area contributed by atoms with Crippen molar-refractivity contribution >= 4 is 21.8 Å². The van der Waals surface area contributed by atoms with Crippen LogP contribution in [0.1, 0.15) is 75.4 Å². The average molecular weight is 840 g/mol. The molecular weight excluding hydrogens is 796 g/mol. The van der Waals surface area contributed by atoms with Gasteiger partial charge in [0.05, 0.1) is 5.69 Å². The first-order valence-electron chi connectivity index (χ1n) is 17.5. The molecule has 0 radical (unpaired) electrons. The van der Waals surface area contributed by atoms with E-state index in [1.807, 2.05) is 41.2 Å². The van der Waals surface area contributed by atoms with Gasteiger partial charge in [0.1, 0.15) is 5.82 Å². The van der Waals surface area contributed by atoms with Crippen molar-refractivity contribution in [1.29, 1.82) is 0 Å². The molecule has 0 spiro atoms. The van der Waals surface area contributed by atoms with Gasteiger partial charge in [0.15, 0.2) is 0 Å². The van der Waals surface area contributed by atoms with Crippen molar-refractivity contribution in [3.05, 3.63) is 132 Å². The number of hydrogen-bond donors (Lipinski definition) is 0. The summed E-state index contributed by atoms with van der Waals surface area (Å²) in [5.74, 6) is 3.25. The van der Waals surface area contributed by atoms with Crippen LogP contribution in [-0.2, 0) is 27.5 Å². The van der Waals surface area contributed by atoms with E-state index in [-0.39, 0.29) is 21.1 Å². The number of hydrogen-bond acceptors (Lipinski definition) is 3. The summed E-state index contributed by atoms with van der Waals surface area (Å²) in [5, 5.41) is 7.23. The summed E-state index contributed by atoms with van der Waals surface area (Å²) < 4.78 is 10.7. The Labute approximate surface area is 310 Å². The molecule has 4 aromatic carbocycles. The summed E-state index contributed by atoms with van der Waals surface area (Å²) in [6.45, 7) is 13.2. The van der Waals surface area contributed by atoms with Crippen LogP contribution in [0.3, 0.4) is 0 Å². The largest absolute Gasteiger partial charge is 2.00 e. The molecule has 0 fully saturated rings. The van der Waals surface area contributed by atoms with Crippen LogP contribution in [0.2, 0.25) is 0 Å². The summed E-state index contributed by atoms with van der Waals surface area (Å²) in [6.07, 6.45) is 6.71. The van der Waals surface area contributed by atoms with E-state index in [1.54, 1.807) is 0 Å². The number of benzene rings is 4. The van der Waals surface area contributed by atoms with Crippen LogP contribution in [0.4, 0.5) is 0 Å². The van der Waals surface area contributed by atoms with Crippen LogP contribution < -0.4 is 4.74 Å². The molecule has 0 unspecified atom stereocenters. The molecule has 0 amide bonds. The Balaban J connectivity index is 0.00000432. The smallest absolute Gasteiger partial charge is 0.509 e. The maximum atomic E-state index is 6.48. The fraction of sp³-hybridized carbons (Fsp3) is 0.273. The number of nitrogens with zero attached hydrogens (tertiary/aromatic N) is 4. The van der Waals surface area contributed by atoms with Gasteiger partial charge in [-0.3, -0.25) is 4.68 Å². The molecule has 0 atom stereocenters. The molecule has 0 aliphatic heterocycles. The van der Waals surface area contributed by atoms with Gasteiger partial charge in [-0.15, -0.1) is 35.7 Å². The summed E-state index contributed by atoms with van der Waals surface area (Å²) in [7, 11) is 0. The molecule has 256 valence electrons. The molecule has 50 heavy (non-hydrogen) atoms. The van der Waals surface area contributed by atoms with E-state index in [2.05, 4.69) is 119 Å². The number of aryl methyl sites for hydroxylation is 2. The van der Waals surface area contributed by atoms with E-state index in [9.17, 15) is 0 Å². The van der Waals surface area contributed by atoms with Gasteiger partial charge in [-0.1, -0.05) is 88.5 Å². The predicted octanol–water partition coefficient (Wildman–Crippen LogP) is 11.5. The third-order valence-corrected chi connectivity index (χ3v) is 9.43. The number of pyridine rings is 1. The molecule has 0 N–H and O–H groups in total. The molecule has 0 saturated heterocycles. The molecule has 0 bridgehead atoms. The second kappa shape index (κ2) is 15.2. The van der Waals surface area contributed by atoms with Crippen LogP contribution in [0.15, 0.2) is 97.2 Å². The van der Waals surface area contributed by atoms with Crippen molar-refractivity contribution in [3.63, 3.8) is 0 Å². The van der Waals surface area contributed by atoms with Gasteiger partial charge in [0.2, 0.25) is 0 Å². The Kier molecular flexibility index (Phi) is 10.7. The molecular formula is C44H44N4OPt. The van der Waals surface area contributed by atoms with E-state index < -0.39 is 0 Å². The minimum atomic E-state index is 0. The molecule has 7 rings (SSSR count). The van der Waals surface area contributed by atoms with Crippen molar-refractivity contribution in [2.75, 3.05) is 0 Å². The first kappa shape index (κ1) is 35.4. The summed E-state index contributed by atoms with van der Waals surface area (Å²) in [6, 6.07) is 38.8. The van der Waals surface area contributed by atoms with Crippen LogP contribution >= 0.6 is 0 Å². The Bertz CT molecular complexity index is 2250. The van der Waals surface area contributed by atoms with E-state index in [4.69, 9.17) is 14.8 Å². The molecule has 0 aliphatic rings. The standard InChI is InChI=1S/C44H44N4O.Pt/c1-29(2)13-10-11-14-33-19-22-41-40(25-33)39-21-20-38(28-42(39)47(41)43-26-35(30(3)4)23-24-45-43)49-37-18-12-17-36(27-37)48-32(6)44(31(5)46-48)34-15-8-7-9-16-34;/h7-9,12,15-26,29-30H,10-11,13-14H2,1-6H3;/q-2;+2. The predicted molar refractivity (Wildman–Crippen MR) is 201 cm³/mol. The van der Waals surface area contributed by atoms with Crippen molar-refractivity contribution in [2.45, 2.75) is 73.1 Å². The second-order valence-corrected chi connectivity index (χ2v) is 13.8. The fourth-order valence-corrected chi connectivity index (χ4v) is 6.86. The maximum Gasteiger partial charge on any atom is 2.00 e. The summed E-state index contributed by atoms with van der Waals surface area (Å²) >= 11 is 0. The zero-order chi connectivity index (χ0) is 34.1. The molecule has 3 aromatic heterocycles.